The highest BCUT2D eigenvalue weighted by Gasteiger charge is 2.22. The highest BCUT2D eigenvalue weighted by atomic mass is 16.3. The van der Waals surface area contributed by atoms with Gasteiger partial charge in [-0.25, -0.2) is 4.98 Å². The van der Waals surface area contributed by atoms with E-state index in [0.29, 0.717) is 30.4 Å². The van der Waals surface area contributed by atoms with Crippen LogP contribution in [0, 0.1) is 12.8 Å². The molecule has 0 fully saturated rings. The number of aliphatic hydroxyl groups is 1. The van der Waals surface area contributed by atoms with Gasteiger partial charge in [-0.3, -0.25) is 0 Å². The zero-order chi connectivity index (χ0) is 23.3. The van der Waals surface area contributed by atoms with Gasteiger partial charge in [-0.15, -0.1) is 0 Å². The molecular weight excluding hydrogens is 404 g/mol. The second-order valence-electron chi connectivity index (χ2n) is 9.13. The third kappa shape index (κ3) is 5.88. The summed E-state index contributed by atoms with van der Waals surface area (Å²) in [6, 6.07) is 5.54. The van der Waals surface area contributed by atoms with E-state index < -0.39 is 5.60 Å². The molecule has 1 atom stereocenters. The maximum absolute atomic E-state index is 10.2. The van der Waals surface area contributed by atoms with Crippen molar-refractivity contribution in [3.05, 3.63) is 35.7 Å². The Kier molecular flexibility index (Phi) is 7.56. The summed E-state index contributed by atoms with van der Waals surface area (Å²) in [5, 5.41) is 27.1. The Hall–Kier alpha value is -2.87. The van der Waals surface area contributed by atoms with Crippen LogP contribution in [-0.2, 0) is 13.1 Å². The molecular formula is C24H36N6O2. The SMILES string of the molecule is CCCCCn1cnc2c(NCc3cc(C)ccc3O)nc(NCC(C)C(C)(C)O)nc21. The Balaban J connectivity index is 1.89. The molecule has 0 saturated carbocycles. The Morgan fingerprint density at radius 1 is 1.16 bits per heavy atom. The van der Waals surface area contributed by atoms with Gasteiger partial charge in [0.05, 0.1) is 11.9 Å². The van der Waals surface area contributed by atoms with E-state index in [-0.39, 0.29) is 11.7 Å². The van der Waals surface area contributed by atoms with Crippen LogP contribution in [0.2, 0.25) is 0 Å². The fourth-order valence-electron chi connectivity index (χ4n) is 3.37. The van der Waals surface area contributed by atoms with Crippen LogP contribution in [0.5, 0.6) is 5.75 Å². The summed E-state index contributed by atoms with van der Waals surface area (Å²) in [7, 11) is 0. The van der Waals surface area contributed by atoms with Gasteiger partial charge in [0.1, 0.15) is 5.75 Å². The van der Waals surface area contributed by atoms with Crippen molar-refractivity contribution < 1.29 is 10.2 Å². The summed E-state index contributed by atoms with van der Waals surface area (Å²) >= 11 is 0. The number of phenolic OH excluding ortho intramolecular Hbond substituents is 1. The number of aromatic nitrogens is 4. The fourth-order valence-corrected chi connectivity index (χ4v) is 3.37. The summed E-state index contributed by atoms with van der Waals surface area (Å²) in [4.78, 5) is 14.0. The van der Waals surface area contributed by atoms with Crippen LogP contribution in [0.1, 0.15) is 58.1 Å². The average molecular weight is 441 g/mol. The number of aromatic hydroxyl groups is 1. The number of nitrogens with one attached hydrogen (secondary N) is 2. The molecule has 1 unspecified atom stereocenters. The number of hydrogen-bond donors (Lipinski definition) is 4. The topological polar surface area (TPSA) is 108 Å². The number of rotatable bonds is 11. The van der Waals surface area contributed by atoms with Crippen LogP contribution >= 0.6 is 0 Å². The predicted molar refractivity (Wildman–Crippen MR) is 129 cm³/mol. The van der Waals surface area contributed by atoms with Gasteiger partial charge >= 0.3 is 0 Å². The van der Waals surface area contributed by atoms with E-state index >= 15 is 0 Å². The highest BCUT2D eigenvalue weighted by Crippen LogP contribution is 2.25. The van der Waals surface area contributed by atoms with Gasteiger partial charge in [-0.05, 0) is 33.3 Å². The Morgan fingerprint density at radius 3 is 2.66 bits per heavy atom. The number of phenols is 1. The number of anilines is 2. The van der Waals surface area contributed by atoms with Crippen molar-refractivity contribution in [1.29, 1.82) is 0 Å². The Morgan fingerprint density at radius 2 is 1.94 bits per heavy atom. The normalized spacial score (nSPS) is 12.8. The maximum Gasteiger partial charge on any atom is 0.226 e. The average Bonchev–Trinajstić information content (AvgIpc) is 3.15. The first-order valence-electron chi connectivity index (χ1n) is 11.4. The number of benzene rings is 1. The molecule has 3 rings (SSSR count). The largest absolute Gasteiger partial charge is 0.508 e. The summed E-state index contributed by atoms with van der Waals surface area (Å²) in [6.45, 7) is 11.6. The molecule has 8 nitrogen and oxygen atoms in total. The molecule has 0 spiro atoms. The van der Waals surface area contributed by atoms with Gasteiger partial charge in [0.25, 0.3) is 0 Å². The Bertz CT molecular complexity index is 1040. The fraction of sp³-hybridized carbons (Fsp3) is 0.542. The summed E-state index contributed by atoms with van der Waals surface area (Å²) < 4.78 is 2.06. The van der Waals surface area contributed by atoms with Crippen molar-refractivity contribution in [2.75, 3.05) is 17.2 Å². The van der Waals surface area contributed by atoms with E-state index in [2.05, 4.69) is 32.1 Å². The van der Waals surface area contributed by atoms with Crippen molar-refractivity contribution in [1.82, 2.24) is 19.5 Å². The van der Waals surface area contributed by atoms with Crippen LogP contribution in [0.4, 0.5) is 11.8 Å². The third-order valence-corrected chi connectivity index (χ3v) is 5.92. The van der Waals surface area contributed by atoms with E-state index in [0.717, 1.165) is 42.6 Å². The molecule has 0 amide bonds. The molecule has 0 aliphatic carbocycles. The summed E-state index contributed by atoms with van der Waals surface area (Å²) in [5.41, 5.74) is 2.54. The van der Waals surface area contributed by atoms with Crippen molar-refractivity contribution in [3.63, 3.8) is 0 Å². The lowest BCUT2D eigenvalue weighted by atomic mass is 9.93. The lowest BCUT2D eigenvalue weighted by Crippen LogP contribution is -2.33. The minimum absolute atomic E-state index is 0.0110. The quantitative estimate of drug-likeness (QED) is 0.326. The van der Waals surface area contributed by atoms with Crippen molar-refractivity contribution in [2.24, 2.45) is 5.92 Å². The first kappa shape index (κ1) is 23.8. The predicted octanol–water partition coefficient (Wildman–Crippen LogP) is 4.46. The minimum Gasteiger partial charge on any atom is -0.508 e. The van der Waals surface area contributed by atoms with Crippen LogP contribution in [0.25, 0.3) is 11.2 Å². The molecule has 32 heavy (non-hydrogen) atoms. The lowest BCUT2D eigenvalue weighted by Gasteiger charge is -2.26. The van der Waals surface area contributed by atoms with E-state index in [9.17, 15) is 10.2 Å². The minimum atomic E-state index is -0.803. The molecule has 174 valence electrons. The van der Waals surface area contributed by atoms with Crippen LogP contribution < -0.4 is 10.6 Å². The monoisotopic (exact) mass is 440 g/mol. The zero-order valence-corrected chi connectivity index (χ0v) is 19.8. The number of unbranched alkanes of at least 4 members (excludes halogenated alkanes) is 2. The summed E-state index contributed by atoms with van der Waals surface area (Å²) in [5.74, 6) is 1.36. The lowest BCUT2D eigenvalue weighted by molar-refractivity contribution is 0.0303. The van der Waals surface area contributed by atoms with Gasteiger partial charge in [0, 0.05) is 31.1 Å². The summed E-state index contributed by atoms with van der Waals surface area (Å²) in [6.07, 6.45) is 5.17. The van der Waals surface area contributed by atoms with Gasteiger partial charge in [0.2, 0.25) is 5.95 Å². The molecule has 2 aromatic heterocycles. The first-order chi connectivity index (χ1) is 15.2. The van der Waals surface area contributed by atoms with E-state index in [4.69, 9.17) is 4.98 Å². The first-order valence-corrected chi connectivity index (χ1v) is 11.4. The number of aryl methyl sites for hydroxylation is 2. The molecule has 1 aromatic carbocycles. The number of imidazole rings is 1. The van der Waals surface area contributed by atoms with Gasteiger partial charge in [-0.1, -0.05) is 44.4 Å². The molecule has 3 aromatic rings. The van der Waals surface area contributed by atoms with E-state index in [1.165, 1.54) is 0 Å². The number of fused-ring (bicyclic) bond motifs is 1. The molecule has 0 radical (unpaired) electrons. The van der Waals surface area contributed by atoms with Crippen molar-refractivity contribution in [2.45, 2.75) is 72.6 Å². The third-order valence-electron chi connectivity index (χ3n) is 5.92. The molecule has 0 saturated heterocycles. The second-order valence-corrected chi connectivity index (χ2v) is 9.13. The maximum atomic E-state index is 10.2. The zero-order valence-electron chi connectivity index (χ0n) is 19.8. The van der Waals surface area contributed by atoms with Gasteiger partial charge in [0.15, 0.2) is 17.0 Å². The van der Waals surface area contributed by atoms with Crippen LogP contribution in [0.3, 0.4) is 0 Å². The molecule has 0 aliphatic rings. The molecule has 8 heteroatoms. The standard InChI is InChI=1S/C24H36N6O2/c1-6-7-8-11-30-15-27-20-21(25-14-18-12-16(2)9-10-19(18)31)28-23(29-22(20)30)26-13-17(3)24(4,5)32/h9-10,12,15,17,31-32H,6-8,11,13-14H2,1-5H3,(H2,25,26,28,29). The van der Waals surface area contributed by atoms with E-state index in [1.807, 2.05) is 32.3 Å². The highest BCUT2D eigenvalue weighted by molar-refractivity contribution is 5.84. The second kappa shape index (κ2) is 10.2. The van der Waals surface area contributed by atoms with Crippen LogP contribution in [-0.4, -0.2) is 41.9 Å². The van der Waals surface area contributed by atoms with Gasteiger partial charge in [-0.2, -0.15) is 9.97 Å². The number of hydrogen-bond acceptors (Lipinski definition) is 7. The Labute approximate surface area is 190 Å². The van der Waals surface area contributed by atoms with Gasteiger partial charge < -0.3 is 25.4 Å². The van der Waals surface area contributed by atoms with Crippen molar-refractivity contribution >= 4 is 22.9 Å². The molecule has 0 bridgehead atoms. The van der Waals surface area contributed by atoms with Crippen LogP contribution in [0.15, 0.2) is 24.5 Å². The van der Waals surface area contributed by atoms with E-state index in [1.54, 1.807) is 19.9 Å². The molecule has 2 heterocycles. The smallest absolute Gasteiger partial charge is 0.226 e. The molecule has 4 N–H and O–H groups in total. The van der Waals surface area contributed by atoms with Crippen molar-refractivity contribution in [3.8, 4) is 5.75 Å². The molecule has 0 aliphatic heterocycles. The number of nitrogens with zero attached hydrogens (tertiary/aromatic N) is 4.